The van der Waals surface area contributed by atoms with Crippen LogP contribution in [0.3, 0.4) is 0 Å². The quantitative estimate of drug-likeness (QED) is 0.704. The highest BCUT2D eigenvalue weighted by Crippen LogP contribution is 2.20. The summed E-state index contributed by atoms with van der Waals surface area (Å²) in [7, 11) is 1.95. The standard InChI is InChI=1S/C12H20.C7H14N2O.C2H4O/c1-3-11(2)9-10-12-7-5-4-6-8-12;1-9-5-3-2-4-6(9)7(8)10;1-2-3/h4-5,7,11H,3,6,8-10H2,1-2H3;6H,2-5H2,1H3,(H2,8,10);2-3H,1H2. The van der Waals surface area contributed by atoms with Crippen LogP contribution in [0, 0.1) is 5.92 Å². The molecule has 1 heterocycles. The zero-order chi connectivity index (χ0) is 19.1. The minimum atomic E-state index is -0.179. The van der Waals surface area contributed by atoms with Crippen LogP contribution < -0.4 is 5.73 Å². The van der Waals surface area contributed by atoms with Crippen LogP contribution in [0.15, 0.2) is 36.6 Å². The number of likely N-dealkylation sites (tertiary alicyclic amines) is 1. The number of nitrogens with two attached hydrogens (primary N) is 1. The molecule has 4 heteroatoms. The number of rotatable bonds is 5. The molecule has 1 amide bonds. The Labute approximate surface area is 154 Å². The van der Waals surface area contributed by atoms with Gasteiger partial charge >= 0.3 is 0 Å². The number of hydrogen-bond donors (Lipinski definition) is 2. The second-order valence-corrected chi connectivity index (χ2v) is 6.92. The van der Waals surface area contributed by atoms with E-state index in [1.165, 1.54) is 38.5 Å². The van der Waals surface area contributed by atoms with Crippen LogP contribution in [0.2, 0.25) is 0 Å². The summed E-state index contributed by atoms with van der Waals surface area (Å²) in [5.41, 5.74) is 6.83. The number of hydrogen-bond acceptors (Lipinski definition) is 3. The first-order chi connectivity index (χ1) is 12.0. The number of allylic oxidation sites excluding steroid dienone is 4. The molecule has 4 nitrogen and oxygen atoms in total. The predicted octanol–water partition coefficient (Wildman–Crippen LogP) is 4.73. The van der Waals surface area contributed by atoms with Gasteiger partial charge < -0.3 is 10.8 Å². The van der Waals surface area contributed by atoms with Crippen molar-refractivity contribution in [3.8, 4) is 0 Å². The third kappa shape index (κ3) is 11.6. The topological polar surface area (TPSA) is 66.6 Å². The first-order valence-corrected chi connectivity index (χ1v) is 9.55. The average molecular weight is 351 g/mol. The third-order valence-corrected chi connectivity index (χ3v) is 4.85. The number of nitrogens with zero attached hydrogens (tertiary/aromatic N) is 1. The lowest BCUT2D eigenvalue weighted by Gasteiger charge is -2.29. The van der Waals surface area contributed by atoms with Gasteiger partial charge in [-0.25, -0.2) is 0 Å². The second kappa shape index (κ2) is 14.8. The summed E-state index contributed by atoms with van der Waals surface area (Å²) in [5, 5.41) is 7.33. The van der Waals surface area contributed by atoms with Gasteiger partial charge in [0, 0.05) is 0 Å². The minimum Gasteiger partial charge on any atom is -0.516 e. The first-order valence-electron chi connectivity index (χ1n) is 9.55. The van der Waals surface area contributed by atoms with Crippen LogP contribution in [0.25, 0.3) is 0 Å². The molecule has 1 fully saturated rings. The Kier molecular flexibility index (Phi) is 13.8. The second-order valence-electron chi connectivity index (χ2n) is 6.92. The number of amides is 1. The van der Waals surface area contributed by atoms with Crippen LogP contribution >= 0.6 is 0 Å². The molecule has 1 saturated heterocycles. The van der Waals surface area contributed by atoms with Gasteiger partial charge in [-0.05, 0) is 58.0 Å². The molecule has 1 aliphatic carbocycles. The summed E-state index contributed by atoms with van der Waals surface area (Å²) in [4.78, 5) is 12.8. The number of carbonyl (C=O) groups excluding carboxylic acids is 1. The molecule has 0 aromatic rings. The fraction of sp³-hybridized carbons (Fsp3) is 0.667. The maximum atomic E-state index is 10.7. The lowest BCUT2D eigenvalue weighted by atomic mass is 9.95. The third-order valence-electron chi connectivity index (χ3n) is 4.85. The van der Waals surface area contributed by atoms with Gasteiger partial charge in [-0.3, -0.25) is 9.69 Å². The van der Waals surface area contributed by atoms with E-state index in [2.05, 4.69) is 38.7 Å². The van der Waals surface area contributed by atoms with Crippen molar-refractivity contribution >= 4 is 5.91 Å². The Bertz CT molecular complexity index is 430. The largest absolute Gasteiger partial charge is 0.516 e. The predicted molar refractivity (Wildman–Crippen MR) is 107 cm³/mol. The van der Waals surface area contributed by atoms with E-state index in [4.69, 9.17) is 10.8 Å². The van der Waals surface area contributed by atoms with Gasteiger partial charge in [-0.1, -0.05) is 57.1 Å². The summed E-state index contributed by atoms with van der Waals surface area (Å²) in [5.74, 6) is 0.721. The van der Waals surface area contributed by atoms with Gasteiger partial charge in [-0.15, -0.1) is 0 Å². The van der Waals surface area contributed by atoms with E-state index in [-0.39, 0.29) is 11.9 Å². The van der Waals surface area contributed by atoms with E-state index in [1.807, 2.05) is 11.9 Å². The van der Waals surface area contributed by atoms with Gasteiger partial charge in [-0.2, -0.15) is 0 Å². The smallest absolute Gasteiger partial charge is 0.234 e. The number of aliphatic hydroxyl groups excluding tert-OH is 1. The molecule has 25 heavy (non-hydrogen) atoms. The molecule has 1 aliphatic heterocycles. The van der Waals surface area contributed by atoms with Crippen molar-refractivity contribution < 1.29 is 9.90 Å². The normalized spacial score (nSPS) is 20.9. The highest BCUT2D eigenvalue weighted by molar-refractivity contribution is 5.79. The SMILES string of the molecule is C=CO.CCC(C)CCC1=CC=CCC1.CN1CCCCC1C(N)=O. The van der Waals surface area contributed by atoms with Crippen molar-refractivity contribution in [3.05, 3.63) is 36.6 Å². The molecule has 0 spiro atoms. The zero-order valence-corrected chi connectivity index (χ0v) is 16.4. The summed E-state index contributed by atoms with van der Waals surface area (Å²) < 4.78 is 0. The van der Waals surface area contributed by atoms with Crippen molar-refractivity contribution in [2.75, 3.05) is 13.6 Å². The molecule has 0 saturated carbocycles. The molecule has 3 N–H and O–H groups in total. The Hall–Kier alpha value is -1.55. The molecule has 2 rings (SSSR count). The fourth-order valence-electron chi connectivity index (χ4n) is 2.93. The molecular formula is C21H38N2O2. The molecule has 0 aromatic heterocycles. The van der Waals surface area contributed by atoms with Crippen LogP contribution in [-0.2, 0) is 4.79 Å². The lowest BCUT2D eigenvalue weighted by molar-refractivity contribution is -0.123. The fourth-order valence-corrected chi connectivity index (χ4v) is 2.93. The van der Waals surface area contributed by atoms with Gasteiger partial charge in [0.15, 0.2) is 0 Å². The summed E-state index contributed by atoms with van der Waals surface area (Å²) in [6.07, 6.45) is 17.3. The first kappa shape index (κ1) is 23.4. The molecule has 2 atom stereocenters. The molecule has 0 radical (unpaired) electrons. The summed E-state index contributed by atoms with van der Waals surface area (Å²) in [6, 6.07) is -0.00579. The Morgan fingerprint density at radius 2 is 2.20 bits per heavy atom. The van der Waals surface area contributed by atoms with Gasteiger partial charge in [0.2, 0.25) is 5.91 Å². The van der Waals surface area contributed by atoms with Crippen molar-refractivity contribution in [1.29, 1.82) is 0 Å². The molecule has 2 unspecified atom stereocenters. The molecule has 0 aromatic carbocycles. The highest BCUT2D eigenvalue weighted by Gasteiger charge is 2.22. The summed E-state index contributed by atoms with van der Waals surface area (Å²) >= 11 is 0. The van der Waals surface area contributed by atoms with Crippen LogP contribution in [0.1, 0.15) is 65.2 Å². The number of carbonyl (C=O) groups is 1. The Morgan fingerprint density at radius 1 is 1.52 bits per heavy atom. The van der Waals surface area contributed by atoms with Gasteiger partial charge in [0.25, 0.3) is 0 Å². The monoisotopic (exact) mass is 350 g/mol. The van der Waals surface area contributed by atoms with Crippen molar-refractivity contribution in [2.24, 2.45) is 11.7 Å². The van der Waals surface area contributed by atoms with Gasteiger partial charge in [0.05, 0.1) is 12.3 Å². The number of primary amides is 1. The minimum absolute atomic E-state index is 0.00579. The molecule has 144 valence electrons. The van der Waals surface area contributed by atoms with E-state index in [0.29, 0.717) is 0 Å². The number of aliphatic hydroxyl groups is 1. The van der Waals surface area contributed by atoms with Crippen molar-refractivity contribution in [3.63, 3.8) is 0 Å². The lowest BCUT2D eigenvalue weighted by Crippen LogP contribution is -2.45. The van der Waals surface area contributed by atoms with Crippen molar-refractivity contribution in [1.82, 2.24) is 4.90 Å². The van der Waals surface area contributed by atoms with E-state index in [9.17, 15) is 4.79 Å². The number of likely N-dealkylation sites (N-methyl/N-ethyl adjacent to an activating group) is 1. The van der Waals surface area contributed by atoms with Crippen LogP contribution in [0.5, 0.6) is 0 Å². The number of piperidine rings is 1. The maximum Gasteiger partial charge on any atom is 0.234 e. The van der Waals surface area contributed by atoms with E-state index < -0.39 is 0 Å². The van der Waals surface area contributed by atoms with Gasteiger partial charge in [0.1, 0.15) is 0 Å². The van der Waals surface area contributed by atoms with E-state index >= 15 is 0 Å². The maximum absolute atomic E-state index is 10.7. The average Bonchev–Trinajstić information content (AvgIpc) is 2.62. The van der Waals surface area contributed by atoms with E-state index in [1.54, 1.807) is 5.57 Å². The molecule has 2 aliphatic rings. The van der Waals surface area contributed by atoms with E-state index in [0.717, 1.165) is 31.6 Å². The Balaban J connectivity index is 0.000000403. The van der Waals surface area contributed by atoms with Crippen molar-refractivity contribution in [2.45, 2.75) is 71.3 Å². The summed E-state index contributed by atoms with van der Waals surface area (Å²) in [6.45, 7) is 8.55. The molecule has 0 bridgehead atoms. The Morgan fingerprint density at radius 3 is 2.64 bits per heavy atom. The zero-order valence-electron chi connectivity index (χ0n) is 16.4. The van der Waals surface area contributed by atoms with Crippen LogP contribution in [0.4, 0.5) is 0 Å². The highest BCUT2D eigenvalue weighted by atomic mass is 16.2. The van der Waals surface area contributed by atoms with Crippen LogP contribution in [-0.4, -0.2) is 35.5 Å². The molecular weight excluding hydrogens is 312 g/mol.